The number of piperazine rings is 1. The van der Waals surface area contributed by atoms with Gasteiger partial charge in [0.15, 0.2) is 0 Å². The summed E-state index contributed by atoms with van der Waals surface area (Å²) in [4.78, 5) is 37.7. The van der Waals surface area contributed by atoms with E-state index >= 15 is 0 Å². The summed E-state index contributed by atoms with van der Waals surface area (Å²) in [6, 6.07) is -1.77. The van der Waals surface area contributed by atoms with Crippen LogP contribution in [-0.2, 0) is 9.59 Å². The molecule has 21 heavy (non-hydrogen) atoms. The van der Waals surface area contributed by atoms with E-state index in [0.717, 1.165) is 19.6 Å². The van der Waals surface area contributed by atoms with E-state index in [0.29, 0.717) is 6.54 Å². The minimum absolute atomic E-state index is 0.161. The summed E-state index contributed by atoms with van der Waals surface area (Å²) in [6.07, 6.45) is -0.436. The van der Waals surface area contributed by atoms with Gasteiger partial charge in [0, 0.05) is 32.2 Å². The summed E-state index contributed by atoms with van der Waals surface area (Å²) in [7, 11) is 3.98. The Morgan fingerprint density at radius 1 is 1.33 bits per heavy atom. The molecule has 120 valence electrons. The number of nitrogens with one attached hydrogen (secondary N) is 2. The van der Waals surface area contributed by atoms with Gasteiger partial charge in [-0.05, 0) is 14.1 Å². The van der Waals surface area contributed by atoms with Gasteiger partial charge in [-0.3, -0.25) is 9.69 Å². The highest BCUT2D eigenvalue weighted by Gasteiger charge is 2.25. The lowest BCUT2D eigenvalue weighted by molar-refractivity contribution is -0.140. The Balaban J connectivity index is 2.41. The first-order chi connectivity index (χ1) is 9.79. The van der Waals surface area contributed by atoms with Gasteiger partial charge in [0.05, 0.1) is 6.42 Å². The molecular weight excluding hydrogens is 278 g/mol. The number of carboxylic acids is 1. The van der Waals surface area contributed by atoms with Gasteiger partial charge in [0.1, 0.15) is 6.04 Å². The highest BCUT2D eigenvalue weighted by molar-refractivity contribution is 5.87. The third kappa shape index (κ3) is 5.96. The number of rotatable bonds is 6. The van der Waals surface area contributed by atoms with E-state index in [-0.39, 0.29) is 6.04 Å². The second kappa shape index (κ2) is 7.79. The first-order valence-corrected chi connectivity index (χ1v) is 6.74. The van der Waals surface area contributed by atoms with Gasteiger partial charge in [0.25, 0.3) is 0 Å². The summed E-state index contributed by atoms with van der Waals surface area (Å²) >= 11 is 0. The molecule has 9 nitrogen and oxygen atoms in total. The molecule has 0 aromatic rings. The molecule has 5 N–H and O–H groups in total. The molecule has 0 spiro atoms. The summed E-state index contributed by atoms with van der Waals surface area (Å²) in [5.41, 5.74) is 4.95. The number of carbonyl (C=O) groups is 3. The van der Waals surface area contributed by atoms with Crippen molar-refractivity contribution in [3.8, 4) is 0 Å². The van der Waals surface area contributed by atoms with Crippen LogP contribution in [0.15, 0.2) is 0 Å². The van der Waals surface area contributed by atoms with Crippen LogP contribution in [0, 0.1) is 0 Å². The molecule has 2 atom stereocenters. The predicted molar refractivity (Wildman–Crippen MR) is 75.7 cm³/mol. The maximum atomic E-state index is 11.7. The second-order valence-corrected chi connectivity index (χ2v) is 5.31. The van der Waals surface area contributed by atoms with E-state index in [9.17, 15) is 14.4 Å². The zero-order valence-electron chi connectivity index (χ0n) is 12.3. The Hall–Kier alpha value is -1.87. The SMILES string of the molecule is CN1CCN(C)C(CNC(=O)N[C@H](CC(N)=O)C(=O)O)C1. The van der Waals surface area contributed by atoms with Crippen LogP contribution in [0.1, 0.15) is 6.42 Å². The lowest BCUT2D eigenvalue weighted by Crippen LogP contribution is -2.56. The molecule has 0 aromatic heterocycles. The lowest BCUT2D eigenvalue weighted by atomic mass is 10.2. The van der Waals surface area contributed by atoms with Crippen LogP contribution < -0.4 is 16.4 Å². The Labute approximate surface area is 123 Å². The monoisotopic (exact) mass is 301 g/mol. The minimum Gasteiger partial charge on any atom is -0.480 e. The van der Waals surface area contributed by atoms with Crippen molar-refractivity contribution in [1.82, 2.24) is 20.4 Å². The van der Waals surface area contributed by atoms with Crippen molar-refractivity contribution in [2.45, 2.75) is 18.5 Å². The number of aliphatic carboxylic acids is 1. The Bertz CT molecular complexity index is 403. The normalized spacial score (nSPS) is 21.5. The zero-order chi connectivity index (χ0) is 16.0. The van der Waals surface area contributed by atoms with Crippen LogP contribution in [0.25, 0.3) is 0 Å². The van der Waals surface area contributed by atoms with Crippen molar-refractivity contribution < 1.29 is 19.5 Å². The Kier molecular flexibility index (Phi) is 6.38. The highest BCUT2D eigenvalue weighted by Crippen LogP contribution is 2.04. The second-order valence-electron chi connectivity index (χ2n) is 5.31. The molecule has 0 aromatic carbocycles. The van der Waals surface area contributed by atoms with Crippen LogP contribution in [0.3, 0.4) is 0 Å². The van der Waals surface area contributed by atoms with E-state index in [1.807, 2.05) is 14.1 Å². The van der Waals surface area contributed by atoms with Crippen molar-refractivity contribution in [3.63, 3.8) is 0 Å². The van der Waals surface area contributed by atoms with Crippen molar-refractivity contribution in [2.24, 2.45) is 5.73 Å². The molecule has 1 fully saturated rings. The largest absolute Gasteiger partial charge is 0.480 e. The molecule has 1 saturated heterocycles. The molecule has 0 aliphatic carbocycles. The summed E-state index contributed by atoms with van der Waals surface area (Å²) < 4.78 is 0. The molecule has 1 aliphatic rings. The van der Waals surface area contributed by atoms with E-state index in [2.05, 4.69) is 20.4 Å². The van der Waals surface area contributed by atoms with Gasteiger partial charge in [-0.2, -0.15) is 0 Å². The molecule has 0 radical (unpaired) electrons. The molecule has 0 bridgehead atoms. The molecule has 3 amide bonds. The number of nitrogens with two attached hydrogens (primary N) is 1. The average molecular weight is 301 g/mol. The first kappa shape index (κ1) is 17.2. The number of hydrogen-bond donors (Lipinski definition) is 4. The van der Waals surface area contributed by atoms with Crippen LogP contribution in [-0.4, -0.2) is 85.2 Å². The van der Waals surface area contributed by atoms with Gasteiger partial charge in [-0.25, -0.2) is 9.59 Å². The number of amides is 3. The maximum absolute atomic E-state index is 11.7. The summed E-state index contributed by atoms with van der Waals surface area (Å²) in [5.74, 6) is -2.07. The van der Waals surface area contributed by atoms with Crippen LogP contribution in [0.4, 0.5) is 4.79 Å². The van der Waals surface area contributed by atoms with Crippen LogP contribution >= 0.6 is 0 Å². The molecule has 0 saturated carbocycles. The minimum atomic E-state index is -1.31. The van der Waals surface area contributed by atoms with E-state index in [1.165, 1.54) is 0 Å². The number of urea groups is 1. The van der Waals surface area contributed by atoms with Crippen molar-refractivity contribution >= 4 is 17.9 Å². The first-order valence-electron chi connectivity index (χ1n) is 6.74. The van der Waals surface area contributed by atoms with Gasteiger partial charge in [-0.1, -0.05) is 0 Å². The fourth-order valence-electron chi connectivity index (χ4n) is 2.14. The van der Waals surface area contributed by atoms with Gasteiger partial charge >= 0.3 is 12.0 Å². The van der Waals surface area contributed by atoms with E-state index in [4.69, 9.17) is 10.8 Å². The smallest absolute Gasteiger partial charge is 0.326 e. The Morgan fingerprint density at radius 2 is 2.00 bits per heavy atom. The number of likely N-dealkylation sites (N-methyl/N-ethyl adjacent to an activating group) is 2. The predicted octanol–water partition coefficient (Wildman–Crippen LogP) is -2.14. The summed E-state index contributed by atoms with van der Waals surface area (Å²) in [6.45, 7) is 3.10. The van der Waals surface area contributed by atoms with E-state index < -0.39 is 30.4 Å². The molecule has 9 heteroatoms. The number of hydrogen-bond acceptors (Lipinski definition) is 5. The van der Waals surface area contributed by atoms with Gasteiger partial charge in [0.2, 0.25) is 5.91 Å². The van der Waals surface area contributed by atoms with Gasteiger partial charge in [-0.15, -0.1) is 0 Å². The highest BCUT2D eigenvalue weighted by atomic mass is 16.4. The third-order valence-electron chi connectivity index (χ3n) is 3.49. The lowest BCUT2D eigenvalue weighted by Gasteiger charge is -2.37. The third-order valence-corrected chi connectivity index (χ3v) is 3.49. The van der Waals surface area contributed by atoms with Gasteiger partial charge < -0.3 is 26.4 Å². The number of carbonyl (C=O) groups excluding carboxylic acids is 2. The average Bonchev–Trinajstić information content (AvgIpc) is 2.38. The molecule has 1 rings (SSSR count). The van der Waals surface area contributed by atoms with Crippen molar-refractivity contribution in [2.75, 3.05) is 40.3 Å². The molecule has 1 heterocycles. The van der Waals surface area contributed by atoms with Crippen LogP contribution in [0.2, 0.25) is 0 Å². The maximum Gasteiger partial charge on any atom is 0.326 e. The number of carboxylic acid groups (broad SMARTS) is 1. The topological polar surface area (TPSA) is 128 Å². The fourth-order valence-corrected chi connectivity index (χ4v) is 2.14. The molecule has 1 aliphatic heterocycles. The number of nitrogens with zero attached hydrogens (tertiary/aromatic N) is 2. The quantitative estimate of drug-likeness (QED) is 0.443. The van der Waals surface area contributed by atoms with Crippen LogP contribution in [0.5, 0.6) is 0 Å². The molecule has 1 unspecified atom stereocenters. The fraction of sp³-hybridized carbons (Fsp3) is 0.750. The summed E-state index contributed by atoms with van der Waals surface area (Å²) in [5, 5.41) is 13.8. The zero-order valence-corrected chi connectivity index (χ0v) is 12.3. The van der Waals surface area contributed by atoms with Crippen molar-refractivity contribution in [3.05, 3.63) is 0 Å². The Morgan fingerprint density at radius 3 is 2.57 bits per heavy atom. The standard InChI is InChI=1S/C12H23N5O4/c1-16-3-4-17(2)8(7-16)6-14-12(21)15-9(11(19)20)5-10(13)18/h8-9H,3-7H2,1-2H3,(H2,13,18)(H,19,20)(H2,14,15,21)/t8?,9-/m1/s1. The van der Waals surface area contributed by atoms with Crippen molar-refractivity contribution in [1.29, 1.82) is 0 Å². The number of primary amides is 1. The molecular formula is C12H23N5O4. The van der Waals surface area contributed by atoms with E-state index in [1.54, 1.807) is 0 Å².